The molecular weight excluding hydrogens is 416 g/mol. The molecule has 0 aliphatic carbocycles. The Bertz CT molecular complexity index is 809. The Kier molecular flexibility index (Phi) is 9.78. The molecule has 2 aromatic rings. The van der Waals surface area contributed by atoms with Gasteiger partial charge in [0.05, 0.1) is 5.56 Å². The zero-order valence-electron chi connectivity index (χ0n) is 17.3. The molecule has 8 heteroatoms. The fraction of sp³-hybridized carbons (Fsp3) is 0.435. The number of carbonyl (C=O) groups is 1. The summed E-state index contributed by atoms with van der Waals surface area (Å²) in [5.41, 5.74) is 0.290. The lowest BCUT2D eigenvalue weighted by Gasteiger charge is -2.21. The molecule has 4 nitrogen and oxygen atoms in total. The zero-order valence-corrected chi connectivity index (χ0v) is 17.3. The highest BCUT2D eigenvalue weighted by Crippen LogP contribution is 2.29. The number of alkyl halides is 3. The SMILES string of the molecule is CCOCCCCCC(OC(=O)c1ccc(OCc2ccccc2)cc1F)C(F)(F)F. The highest BCUT2D eigenvalue weighted by atomic mass is 19.4. The van der Waals surface area contributed by atoms with Crippen LogP contribution in [0.25, 0.3) is 0 Å². The highest BCUT2D eigenvalue weighted by Gasteiger charge is 2.42. The van der Waals surface area contributed by atoms with Crippen molar-refractivity contribution < 1.29 is 36.6 Å². The lowest BCUT2D eigenvalue weighted by Crippen LogP contribution is -2.34. The zero-order chi connectivity index (χ0) is 22.7. The summed E-state index contributed by atoms with van der Waals surface area (Å²) in [5.74, 6) is -2.21. The van der Waals surface area contributed by atoms with Crippen LogP contribution in [0.2, 0.25) is 0 Å². The van der Waals surface area contributed by atoms with E-state index in [4.69, 9.17) is 9.47 Å². The predicted molar refractivity (Wildman–Crippen MR) is 107 cm³/mol. The summed E-state index contributed by atoms with van der Waals surface area (Å²) in [6, 6.07) is 12.5. The molecule has 0 N–H and O–H groups in total. The Morgan fingerprint density at radius 2 is 1.77 bits per heavy atom. The first-order valence-electron chi connectivity index (χ1n) is 10.1. The van der Waals surface area contributed by atoms with Crippen molar-refractivity contribution >= 4 is 5.97 Å². The van der Waals surface area contributed by atoms with Crippen molar-refractivity contribution in [2.75, 3.05) is 13.2 Å². The number of halogens is 4. The lowest BCUT2D eigenvalue weighted by molar-refractivity contribution is -0.206. The van der Waals surface area contributed by atoms with Crippen molar-refractivity contribution in [1.29, 1.82) is 0 Å². The van der Waals surface area contributed by atoms with Crippen LogP contribution in [0.1, 0.15) is 48.5 Å². The Labute approximate surface area is 179 Å². The van der Waals surface area contributed by atoms with Gasteiger partial charge in [-0.25, -0.2) is 9.18 Å². The van der Waals surface area contributed by atoms with Crippen LogP contribution in [0.4, 0.5) is 17.6 Å². The van der Waals surface area contributed by atoms with Crippen molar-refractivity contribution in [2.24, 2.45) is 0 Å². The van der Waals surface area contributed by atoms with Gasteiger partial charge in [-0.2, -0.15) is 13.2 Å². The molecule has 0 saturated carbocycles. The van der Waals surface area contributed by atoms with Gasteiger partial charge in [-0.3, -0.25) is 0 Å². The molecule has 31 heavy (non-hydrogen) atoms. The summed E-state index contributed by atoms with van der Waals surface area (Å²) in [6.07, 6.45) is -6.08. The van der Waals surface area contributed by atoms with Gasteiger partial charge in [-0.15, -0.1) is 0 Å². The molecule has 0 radical (unpaired) electrons. The van der Waals surface area contributed by atoms with E-state index in [1.165, 1.54) is 6.07 Å². The van der Waals surface area contributed by atoms with Crippen molar-refractivity contribution in [3.63, 3.8) is 0 Å². The highest BCUT2D eigenvalue weighted by molar-refractivity contribution is 5.90. The first kappa shape index (κ1) is 24.7. The Morgan fingerprint density at radius 1 is 1.03 bits per heavy atom. The summed E-state index contributed by atoms with van der Waals surface area (Å²) in [6.45, 7) is 3.03. The van der Waals surface area contributed by atoms with Crippen LogP contribution >= 0.6 is 0 Å². The van der Waals surface area contributed by atoms with E-state index in [0.717, 1.165) is 17.7 Å². The van der Waals surface area contributed by atoms with E-state index in [1.54, 1.807) is 0 Å². The quantitative estimate of drug-likeness (QED) is 0.227. The van der Waals surface area contributed by atoms with Crippen LogP contribution in [0.5, 0.6) is 5.75 Å². The molecule has 2 rings (SSSR count). The summed E-state index contributed by atoms with van der Waals surface area (Å²) < 4.78 is 69.2. The van der Waals surface area contributed by atoms with E-state index >= 15 is 0 Å². The minimum atomic E-state index is -4.73. The Morgan fingerprint density at radius 3 is 2.42 bits per heavy atom. The average Bonchev–Trinajstić information content (AvgIpc) is 2.73. The summed E-state index contributed by atoms with van der Waals surface area (Å²) >= 11 is 0. The number of benzene rings is 2. The van der Waals surface area contributed by atoms with Crippen LogP contribution in [0.15, 0.2) is 48.5 Å². The smallest absolute Gasteiger partial charge is 0.425 e. The van der Waals surface area contributed by atoms with Gasteiger partial charge >= 0.3 is 12.1 Å². The van der Waals surface area contributed by atoms with Gasteiger partial charge in [0, 0.05) is 19.3 Å². The molecule has 0 aliphatic rings. The van der Waals surface area contributed by atoms with E-state index in [1.807, 2.05) is 37.3 Å². The van der Waals surface area contributed by atoms with E-state index in [9.17, 15) is 22.4 Å². The van der Waals surface area contributed by atoms with Gasteiger partial charge in [0.25, 0.3) is 0 Å². The number of hydrogen-bond donors (Lipinski definition) is 0. The fourth-order valence-electron chi connectivity index (χ4n) is 2.83. The van der Waals surface area contributed by atoms with Gasteiger partial charge in [0.1, 0.15) is 18.2 Å². The molecule has 1 unspecified atom stereocenters. The monoisotopic (exact) mass is 442 g/mol. The van der Waals surface area contributed by atoms with Gasteiger partial charge < -0.3 is 14.2 Å². The van der Waals surface area contributed by atoms with E-state index in [0.29, 0.717) is 26.1 Å². The minimum absolute atomic E-state index is 0.152. The molecule has 2 aromatic carbocycles. The molecule has 0 aromatic heterocycles. The molecule has 170 valence electrons. The number of rotatable bonds is 12. The van der Waals surface area contributed by atoms with E-state index < -0.39 is 29.6 Å². The molecule has 1 atom stereocenters. The summed E-state index contributed by atoms with van der Waals surface area (Å²) in [4.78, 5) is 12.2. The first-order valence-corrected chi connectivity index (χ1v) is 10.1. The van der Waals surface area contributed by atoms with Gasteiger partial charge in [0.2, 0.25) is 0 Å². The molecule has 0 aliphatic heterocycles. The minimum Gasteiger partial charge on any atom is -0.489 e. The Balaban J connectivity index is 1.93. The maximum Gasteiger partial charge on any atom is 0.425 e. The predicted octanol–water partition coefficient (Wildman–Crippen LogP) is 6.09. The summed E-state index contributed by atoms with van der Waals surface area (Å²) in [7, 11) is 0. The second kappa shape index (κ2) is 12.3. The van der Waals surface area contributed by atoms with Crippen LogP contribution in [-0.4, -0.2) is 31.5 Å². The lowest BCUT2D eigenvalue weighted by atomic mass is 10.1. The van der Waals surface area contributed by atoms with Crippen molar-refractivity contribution in [3.05, 3.63) is 65.5 Å². The molecule has 0 heterocycles. The number of esters is 1. The maximum atomic E-state index is 14.3. The summed E-state index contributed by atoms with van der Waals surface area (Å²) in [5, 5.41) is 0. The maximum absolute atomic E-state index is 14.3. The van der Waals surface area contributed by atoms with Gasteiger partial charge in [0.15, 0.2) is 6.10 Å². The van der Waals surface area contributed by atoms with Crippen molar-refractivity contribution in [2.45, 2.75) is 51.5 Å². The van der Waals surface area contributed by atoms with Crippen LogP contribution in [0, 0.1) is 5.82 Å². The normalized spacial score (nSPS) is 12.4. The molecule has 0 amide bonds. The topological polar surface area (TPSA) is 44.8 Å². The van der Waals surface area contributed by atoms with E-state index in [-0.39, 0.29) is 25.2 Å². The largest absolute Gasteiger partial charge is 0.489 e. The van der Waals surface area contributed by atoms with Crippen molar-refractivity contribution in [3.8, 4) is 5.75 Å². The third-order valence-electron chi connectivity index (χ3n) is 4.48. The molecule has 0 spiro atoms. The molecule has 0 saturated heterocycles. The fourth-order valence-corrected chi connectivity index (χ4v) is 2.83. The number of carbonyl (C=O) groups excluding carboxylic acids is 1. The second-order valence-electron chi connectivity index (χ2n) is 6.90. The Hall–Kier alpha value is -2.61. The molecule has 0 bridgehead atoms. The van der Waals surface area contributed by atoms with Crippen LogP contribution < -0.4 is 4.74 Å². The molecule has 0 fully saturated rings. The third kappa shape index (κ3) is 8.57. The van der Waals surface area contributed by atoms with Gasteiger partial charge in [-0.1, -0.05) is 36.8 Å². The van der Waals surface area contributed by atoms with Crippen molar-refractivity contribution in [1.82, 2.24) is 0 Å². The molecular formula is C23H26F4O4. The number of hydrogen-bond acceptors (Lipinski definition) is 4. The van der Waals surface area contributed by atoms with Gasteiger partial charge in [-0.05, 0) is 43.9 Å². The first-order chi connectivity index (χ1) is 14.8. The van der Waals surface area contributed by atoms with Crippen LogP contribution in [-0.2, 0) is 16.1 Å². The number of unbranched alkanes of at least 4 members (excludes halogenated alkanes) is 2. The second-order valence-corrected chi connectivity index (χ2v) is 6.90. The average molecular weight is 442 g/mol. The third-order valence-corrected chi connectivity index (χ3v) is 4.48. The standard InChI is InChI=1S/C23H26F4O4/c1-2-29-14-8-4-7-11-21(23(25,26)27)31-22(28)19-13-12-18(15-20(19)24)30-16-17-9-5-3-6-10-17/h3,5-6,9-10,12-13,15,21H,2,4,7-8,11,14,16H2,1H3. The van der Waals surface area contributed by atoms with E-state index in [2.05, 4.69) is 4.74 Å². The van der Waals surface area contributed by atoms with Crippen LogP contribution in [0.3, 0.4) is 0 Å². The number of ether oxygens (including phenoxy) is 3.